The maximum atomic E-state index is 11.4. The second kappa shape index (κ2) is 5.12. The summed E-state index contributed by atoms with van der Waals surface area (Å²) >= 11 is 0. The van der Waals surface area contributed by atoms with Gasteiger partial charge >= 0.3 is 0 Å². The zero-order valence-corrected chi connectivity index (χ0v) is 10.0. The third kappa shape index (κ3) is 3.66. The molecule has 1 amide bonds. The van der Waals surface area contributed by atoms with Crippen LogP contribution in [0.4, 0.5) is 5.82 Å². The minimum atomic E-state index is -0.124. The Morgan fingerprint density at radius 3 is 2.75 bits per heavy atom. The lowest BCUT2D eigenvalue weighted by atomic mass is 9.92. The largest absolute Gasteiger partial charge is 0.396 e. The number of carbonyl (C=O) groups excluding carboxylic acids is 1. The highest BCUT2D eigenvalue weighted by Crippen LogP contribution is 2.21. The number of hydrogen-bond acceptors (Lipinski definition) is 3. The molecule has 0 unspecified atom stereocenters. The quantitative estimate of drug-likeness (QED) is 0.725. The Kier molecular flexibility index (Phi) is 4.06. The first-order valence-electron chi connectivity index (χ1n) is 5.40. The van der Waals surface area contributed by atoms with Crippen LogP contribution in [0.3, 0.4) is 0 Å². The standard InChI is InChI=1S/C11H19N3O2/c1-11(2,3)8-7-9(14-13-8)12-10(16)5-4-6-15/h7,15H,4-6H2,1-3H3,(H2,12,13,14,16). The summed E-state index contributed by atoms with van der Waals surface area (Å²) in [6.45, 7) is 6.23. The smallest absolute Gasteiger partial charge is 0.225 e. The van der Waals surface area contributed by atoms with Gasteiger partial charge < -0.3 is 10.4 Å². The summed E-state index contributed by atoms with van der Waals surface area (Å²) in [4.78, 5) is 11.4. The first-order valence-corrected chi connectivity index (χ1v) is 5.40. The molecule has 0 spiro atoms. The highest BCUT2D eigenvalue weighted by molar-refractivity contribution is 5.89. The molecule has 5 heteroatoms. The second-order valence-electron chi connectivity index (χ2n) is 4.79. The van der Waals surface area contributed by atoms with Gasteiger partial charge in [-0.15, -0.1) is 0 Å². The molecular formula is C11H19N3O2. The third-order valence-corrected chi connectivity index (χ3v) is 2.22. The highest BCUT2D eigenvalue weighted by atomic mass is 16.3. The van der Waals surface area contributed by atoms with Crippen molar-refractivity contribution in [3.05, 3.63) is 11.8 Å². The fourth-order valence-corrected chi connectivity index (χ4v) is 1.21. The Morgan fingerprint density at radius 1 is 1.56 bits per heavy atom. The van der Waals surface area contributed by atoms with E-state index in [1.165, 1.54) is 0 Å². The number of nitrogens with one attached hydrogen (secondary N) is 2. The third-order valence-electron chi connectivity index (χ3n) is 2.22. The Labute approximate surface area is 95.3 Å². The Hall–Kier alpha value is -1.36. The van der Waals surface area contributed by atoms with Crippen LogP contribution in [-0.4, -0.2) is 27.8 Å². The van der Waals surface area contributed by atoms with E-state index in [-0.39, 0.29) is 17.9 Å². The molecule has 90 valence electrons. The number of aliphatic hydroxyl groups is 1. The molecule has 0 aliphatic rings. The van der Waals surface area contributed by atoms with Crippen molar-refractivity contribution >= 4 is 11.7 Å². The summed E-state index contributed by atoms with van der Waals surface area (Å²) in [5, 5.41) is 18.2. The van der Waals surface area contributed by atoms with E-state index >= 15 is 0 Å². The van der Waals surface area contributed by atoms with Gasteiger partial charge in [0.1, 0.15) is 0 Å². The summed E-state index contributed by atoms with van der Waals surface area (Å²) < 4.78 is 0. The van der Waals surface area contributed by atoms with Gasteiger partial charge in [-0.1, -0.05) is 20.8 Å². The lowest BCUT2D eigenvalue weighted by Crippen LogP contribution is -2.12. The van der Waals surface area contributed by atoms with Crippen molar-refractivity contribution in [3.8, 4) is 0 Å². The number of H-pyrrole nitrogens is 1. The monoisotopic (exact) mass is 225 g/mol. The van der Waals surface area contributed by atoms with Crippen LogP contribution in [0.25, 0.3) is 0 Å². The van der Waals surface area contributed by atoms with Crippen molar-refractivity contribution in [2.24, 2.45) is 0 Å². The van der Waals surface area contributed by atoms with Gasteiger partial charge in [0.25, 0.3) is 0 Å². The minimum absolute atomic E-state index is 0.0128. The van der Waals surface area contributed by atoms with Crippen LogP contribution in [0.5, 0.6) is 0 Å². The minimum Gasteiger partial charge on any atom is -0.396 e. The van der Waals surface area contributed by atoms with Crippen LogP contribution in [0.2, 0.25) is 0 Å². The van der Waals surface area contributed by atoms with Gasteiger partial charge in [-0.25, -0.2) is 0 Å². The first kappa shape index (κ1) is 12.7. The summed E-state index contributed by atoms with van der Waals surface area (Å²) in [6.07, 6.45) is 0.788. The van der Waals surface area contributed by atoms with E-state index in [1.807, 2.05) is 6.07 Å². The highest BCUT2D eigenvalue weighted by Gasteiger charge is 2.17. The number of hydrogen-bond donors (Lipinski definition) is 3. The van der Waals surface area contributed by atoms with Crippen LogP contribution in [0.15, 0.2) is 6.07 Å². The summed E-state index contributed by atoms with van der Waals surface area (Å²) in [5.41, 5.74) is 0.964. The summed E-state index contributed by atoms with van der Waals surface area (Å²) in [7, 11) is 0. The average molecular weight is 225 g/mol. The van der Waals surface area contributed by atoms with E-state index in [0.29, 0.717) is 18.7 Å². The predicted octanol–water partition coefficient (Wildman–Crippen LogP) is 1.42. The van der Waals surface area contributed by atoms with E-state index in [4.69, 9.17) is 5.11 Å². The van der Waals surface area contributed by atoms with E-state index in [9.17, 15) is 4.79 Å². The molecule has 1 aromatic heterocycles. The number of nitrogens with zero attached hydrogens (tertiary/aromatic N) is 1. The normalized spacial score (nSPS) is 11.5. The van der Waals surface area contributed by atoms with Crippen LogP contribution >= 0.6 is 0 Å². The van der Waals surface area contributed by atoms with Crippen molar-refractivity contribution in [2.45, 2.75) is 39.0 Å². The van der Waals surface area contributed by atoms with E-state index < -0.39 is 0 Å². The fraction of sp³-hybridized carbons (Fsp3) is 0.636. The number of aliphatic hydroxyl groups excluding tert-OH is 1. The van der Waals surface area contributed by atoms with Crippen LogP contribution in [-0.2, 0) is 10.2 Å². The molecule has 0 aliphatic heterocycles. The fourth-order valence-electron chi connectivity index (χ4n) is 1.21. The van der Waals surface area contributed by atoms with Crippen molar-refractivity contribution in [3.63, 3.8) is 0 Å². The van der Waals surface area contributed by atoms with Gasteiger partial charge in [0.15, 0.2) is 5.82 Å². The zero-order valence-electron chi connectivity index (χ0n) is 10.0. The molecule has 0 fully saturated rings. The number of carbonyl (C=O) groups is 1. The number of anilines is 1. The maximum Gasteiger partial charge on any atom is 0.225 e. The average Bonchev–Trinajstić information content (AvgIpc) is 2.62. The van der Waals surface area contributed by atoms with Crippen molar-refractivity contribution in [2.75, 3.05) is 11.9 Å². The molecule has 0 saturated carbocycles. The molecule has 0 radical (unpaired) electrons. The van der Waals surface area contributed by atoms with Gasteiger partial charge in [0.05, 0.1) is 0 Å². The Morgan fingerprint density at radius 2 is 2.25 bits per heavy atom. The summed E-state index contributed by atoms with van der Waals surface area (Å²) in [6, 6.07) is 1.83. The van der Waals surface area contributed by atoms with Crippen molar-refractivity contribution in [1.82, 2.24) is 10.2 Å². The second-order valence-corrected chi connectivity index (χ2v) is 4.79. The molecule has 1 aromatic rings. The number of aromatic nitrogens is 2. The van der Waals surface area contributed by atoms with Gasteiger partial charge in [0.2, 0.25) is 5.91 Å². The van der Waals surface area contributed by atoms with Crippen LogP contribution in [0, 0.1) is 0 Å². The van der Waals surface area contributed by atoms with Crippen LogP contribution in [0.1, 0.15) is 39.3 Å². The Bertz CT molecular complexity index is 352. The molecule has 0 atom stereocenters. The topological polar surface area (TPSA) is 78.0 Å². The molecule has 0 saturated heterocycles. The van der Waals surface area contributed by atoms with Crippen LogP contribution < -0.4 is 5.32 Å². The molecular weight excluding hydrogens is 206 g/mol. The first-order chi connectivity index (χ1) is 7.43. The molecule has 1 rings (SSSR count). The SMILES string of the molecule is CC(C)(C)c1cc(NC(=O)CCCO)n[nH]1. The van der Waals surface area contributed by atoms with Gasteiger partial charge in [-0.05, 0) is 6.42 Å². The van der Waals surface area contributed by atoms with Gasteiger partial charge in [-0.3, -0.25) is 9.89 Å². The molecule has 5 nitrogen and oxygen atoms in total. The van der Waals surface area contributed by atoms with E-state index in [0.717, 1.165) is 5.69 Å². The predicted molar refractivity (Wildman–Crippen MR) is 62.2 cm³/mol. The van der Waals surface area contributed by atoms with Crippen molar-refractivity contribution in [1.29, 1.82) is 0 Å². The molecule has 16 heavy (non-hydrogen) atoms. The number of rotatable bonds is 4. The molecule has 3 N–H and O–H groups in total. The van der Waals surface area contributed by atoms with E-state index in [1.54, 1.807) is 0 Å². The maximum absolute atomic E-state index is 11.4. The lowest BCUT2D eigenvalue weighted by Gasteiger charge is -2.14. The van der Waals surface area contributed by atoms with Gasteiger partial charge in [0, 0.05) is 30.2 Å². The molecule has 0 aliphatic carbocycles. The summed E-state index contributed by atoms with van der Waals surface area (Å²) in [5.74, 6) is 0.411. The molecule has 0 bridgehead atoms. The lowest BCUT2D eigenvalue weighted by molar-refractivity contribution is -0.116. The zero-order chi connectivity index (χ0) is 12.2. The number of aromatic amines is 1. The number of amides is 1. The Balaban J connectivity index is 2.56. The molecule has 1 heterocycles. The van der Waals surface area contributed by atoms with Gasteiger partial charge in [-0.2, -0.15) is 5.10 Å². The van der Waals surface area contributed by atoms with Crippen molar-refractivity contribution < 1.29 is 9.90 Å². The van der Waals surface area contributed by atoms with E-state index in [2.05, 4.69) is 36.3 Å². The molecule has 0 aromatic carbocycles.